The van der Waals surface area contributed by atoms with Crippen LogP contribution in [0, 0.1) is 0 Å². The molecule has 1 saturated heterocycles. The van der Waals surface area contributed by atoms with Crippen LogP contribution in [0.15, 0.2) is 0 Å². The number of rotatable bonds is 3. The van der Waals surface area contributed by atoms with Gasteiger partial charge in [0.2, 0.25) is 0 Å². The summed E-state index contributed by atoms with van der Waals surface area (Å²) in [5.74, 6) is 0. The maximum absolute atomic E-state index is 9.02. The normalized spacial score (nSPS) is 34.1. The molecule has 0 bridgehead atoms. The van der Waals surface area contributed by atoms with Crippen molar-refractivity contribution in [3.63, 3.8) is 0 Å². The highest BCUT2D eigenvalue weighted by molar-refractivity contribution is 4.70. The van der Waals surface area contributed by atoms with Crippen LogP contribution in [-0.4, -0.2) is 23.4 Å². The quantitative estimate of drug-likeness (QED) is 0.677. The summed E-state index contributed by atoms with van der Waals surface area (Å²) in [7, 11) is 0. The largest absolute Gasteiger partial charge is 0.393 e. The molecule has 1 rings (SSSR count). The molecule has 0 saturated carbocycles. The first-order valence-corrected chi connectivity index (χ1v) is 4.52. The van der Waals surface area contributed by atoms with Crippen molar-refractivity contribution >= 4 is 0 Å². The van der Waals surface area contributed by atoms with Crippen LogP contribution in [0.4, 0.5) is 0 Å². The van der Waals surface area contributed by atoms with Crippen LogP contribution in [0.1, 0.15) is 39.5 Å². The van der Waals surface area contributed by atoms with Gasteiger partial charge >= 0.3 is 0 Å². The number of hydrogen-bond donors (Lipinski definition) is 1. The van der Waals surface area contributed by atoms with Crippen molar-refractivity contribution in [1.82, 2.24) is 0 Å². The summed E-state index contributed by atoms with van der Waals surface area (Å²) in [5.41, 5.74) is 0. The van der Waals surface area contributed by atoms with Crippen molar-refractivity contribution in [2.45, 2.75) is 57.8 Å². The Bertz CT molecular complexity index is 112. The lowest BCUT2D eigenvalue weighted by atomic mass is 10.1. The standard InChI is InChI=1S/C9H18O2/c1-7(10)3-5-9-6-4-8(2)11-9/h7-10H,3-6H2,1-2H3/t7-,8-,9-/m0/s1. The summed E-state index contributed by atoms with van der Waals surface area (Å²) in [6.45, 7) is 3.95. The van der Waals surface area contributed by atoms with Crippen molar-refractivity contribution in [2.24, 2.45) is 0 Å². The predicted octanol–water partition coefficient (Wildman–Crippen LogP) is 1.71. The molecule has 1 aliphatic heterocycles. The van der Waals surface area contributed by atoms with E-state index in [1.807, 2.05) is 6.92 Å². The zero-order valence-electron chi connectivity index (χ0n) is 7.42. The Morgan fingerprint density at radius 2 is 2.27 bits per heavy atom. The minimum absolute atomic E-state index is 0.172. The Morgan fingerprint density at radius 1 is 1.55 bits per heavy atom. The average molecular weight is 158 g/mol. The van der Waals surface area contributed by atoms with Gasteiger partial charge in [-0.05, 0) is 39.5 Å². The van der Waals surface area contributed by atoms with E-state index in [2.05, 4.69) is 6.92 Å². The average Bonchev–Trinajstić information content (AvgIpc) is 2.31. The summed E-state index contributed by atoms with van der Waals surface area (Å²) in [6, 6.07) is 0. The van der Waals surface area contributed by atoms with Crippen LogP contribution < -0.4 is 0 Å². The molecule has 0 radical (unpaired) electrons. The summed E-state index contributed by atoms with van der Waals surface area (Å²) in [5, 5.41) is 9.02. The Labute approximate surface area is 68.6 Å². The van der Waals surface area contributed by atoms with Gasteiger partial charge in [-0.15, -0.1) is 0 Å². The summed E-state index contributed by atoms with van der Waals surface area (Å²) < 4.78 is 5.60. The molecule has 1 aliphatic rings. The number of aliphatic hydroxyl groups excluding tert-OH is 1. The molecule has 1 heterocycles. The third kappa shape index (κ3) is 3.21. The molecule has 11 heavy (non-hydrogen) atoms. The van der Waals surface area contributed by atoms with Crippen molar-refractivity contribution < 1.29 is 9.84 Å². The van der Waals surface area contributed by atoms with Gasteiger partial charge in [0.15, 0.2) is 0 Å². The molecule has 1 N–H and O–H groups in total. The lowest BCUT2D eigenvalue weighted by Crippen LogP contribution is -2.11. The van der Waals surface area contributed by atoms with Crippen molar-refractivity contribution in [2.75, 3.05) is 0 Å². The molecule has 0 spiro atoms. The second-order valence-corrected chi connectivity index (χ2v) is 3.57. The molecule has 0 aliphatic carbocycles. The predicted molar refractivity (Wildman–Crippen MR) is 44.5 cm³/mol. The Morgan fingerprint density at radius 3 is 2.73 bits per heavy atom. The van der Waals surface area contributed by atoms with Crippen LogP contribution in [-0.2, 0) is 4.74 Å². The summed E-state index contributed by atoms with van der Waals surface area (Å²) >= 11 is 0. The molecule has 2 nitrogen and oxygen atoms in total. The van der Waals surface area contributed by atoms with E-state index in [0.717, 1.165) is 12.8 Å². The lowest BCUT2D eigenvalue weighted by Gasteiger charge is -2.11. The Balaban J connectivity index is 2.08. The molecule has 0 unspecified atom stereocenters. The maximum atomic E-state index is 9.02. The highest BCUT2D eigenvalue weighted by Gasteiger charge is 2.21. The van der Waals surface area contributed by atoms with Crippen LogP contribution in [0.5, 0.6) is 0 Å². The minimum Gasteiger partial charge on any atom is -0.393 e. The van der Waals surface area contributed by atoms with Gasteiger partial charge in [-0.3, -0.25) is 0 Å². The molecule has 0 aromatic heterocycles. The monoisotopic (exact) mass is 158 g/mol. The molecular formula is C9H18O2. The van der Waals surface area contributed by atoms with Crippen LogP contribution in [0.3, 0.4) is 0 Å². The third-order valence-corrected chi connectivity index (χ3v) is 2.23. The zero-order chi connectivity index (χ0) is 8.27. The first-order chi connectivity index (χ1) is 5.18. The van der Waals surface area contributed by atoms with E-state index < -0.39 is 0 Å². The number of aliphatic hydroxyl groups is 1. The molecule has 3 atom stereocenters. The summed E-state index contributed by atoms with van der Waals surface area (Å²) in [6.07, 6.45) is 4.93. The molecule has 1 fully saturated rings. The van der Waals surface area contributed by atoms with Gasteiger partial charge in [0, 0.05) is 0 Å². The SMILES string of the molecule is C[C@H](O)CC[C@H]1CC[C@H](C)O1. The second-order valence-electron chi connectivity index (χ2n) is 3.57. The Hall–Kier alpha value is -0.0800. The van der Waals surface area contributed by atoms with E-state index in [1.165, 1.54) is 12.8 Å². The molecule has 66 valence electrons. The van der Waals surface area contributed by atoms with Gasteiger partial charge in [-0.2, -0.15) is 0 Å². The number of hydrogen-bond acceptors (Lipinski definition) is 2. The highest BCUT2D eigenvalue weighted by Crippen LogP contribution is 2.22. The van der Waals surface area contributed by atoms with Crippen molar-refractivity contribution in [3.8, 4) is 0 Å². The van der Waals surface area contributed by atoms with Gasteiger partial charge in [0.1, 0.15) is 0 Å². The number of ether oxygens (including phenoxy) is 1. The van der Waals surface area contributed by atoms with E-state index in [9.17, 15) is 0 Å². The van der Waals surface area contributed by atoms with Crippen LogP contribution in [0.25, 0.3) is 0 Å². The van der Waals surface area contributed by atoms with E-state index in [0.29, 0.717) is 12.2 Å². The van der Waals surface area contributed by atoms with E-state index in [-0.39, 0.29) is 6.10 Å². The lowest BCUT2D eigenvalue weighted by molar-refractivity contribution is 0.0411. The van der Waals surface area contributed by atoms with Crippen LogP contribution >= 0.6 is 0 Å². The zero-order valence-corrected chi connectivity index (χ0v) is 7.42. The van der Waals surface area contributed by atoms with E-state index in [4.69, 9.17) is 9.84 Å². The third-order valence-electron chi connectivity index (χ3n) is 2.23. The van der Waals surface area contributed by atoms with E-state index >= 15 is 0 Å². The molecule has 0 amide bonds. The second kappa shape index (κ2) is 4.07. The van der Waals surface area contributed by atoms with Gasteiger partial charge < -0.3 is 9.84 Å². The summed E-state index contributed by atoms with van der Waals surface area (Å²) in [4.78, 5) is 0. The van der Waals surface area contributed by atoms with Gasteiger partial charge in [0.25, 0.3) is 0 Å². The molecule has 0 aromatic carbocycles. The molecule has 0 aromatic rings. The fourth-order valence-corrected chi connectivity index (χ4v) is 1.52. The van der Waals surface area contributed by atoms with Crippen molar-refractivity contribution in [1.29, 1.82) is 0 Å². The first kappa shape index (κ1) is 9.01. The van der Waals surface area contributed by atoms with Gasteiger partial charge in [-0.25, -0.2) is 0 Å². The van der Waals surface area contributed by atoms with Crippen molar-refractivity contribution in [3.05, 3.63) is 0 Å². The van der Waals surface area contributed by atoms with Crippen LogP contribution in [0.2, 0.25) is 0 Å². The highest BCUT2D eigenvalue weighted by atomic mass is 16.5. The first-order valence-electron chi connectivity index (χ1n) is 4.52. The molecule has 2 heteroatoms. The van der Waals surface area contributed by atoms with E-state index in [1.54, 1.807) is 0 Å². The minimum atomic E-state index is -0.172. The fraction of sp³-hybridized carbons (Fsp3) is 1.00. The smallest absolute Gasteiger partial charge is 0.0580 e. The Kier molecular flexibility index (Phi) is 3.34. The maximum Gasteiger partial charge on any atom is 0.0580 e. The fourth-order valence-electron chi connectivity index (χ4n) is 1.52. The topological polar surface area (TPSA) is 29.5 Å². The molecular weight excluding hydrogens is 140 g/mol. The van der Waals surface area contributed by atoms with Gasteiger partial charge in [0.05, 0.1) is 18.3 Å². The van der Waals surface area contributed by atoms with Gasteiger partial charge in [-0.1, -0.05) is 0 Å².